The third-order valence-corrected chi connectivity index (χ3v) is 2.90. The molecule has 0 aliphatic heterocycles. The predicted molar refractivity (Wildman–Crippen MR) is 66.2 cm³/mol. The number of likely N-dealkylation sites (N-methyl/N-ethyl adjacent to an activating group) is 1. The third kappa shape index (κ3) is 6.13. The molecular formula is C12H28N2O. The van der Waals surface area contributed by atoms with Gasteiger partial charge in [0, 0.05) is 19.1 Å². The van der Waals surface area contributed by atoms with Crippen LogP contribution in [0.5, 0.6) is 0 Å². The van der Waals surface area contributed by atoms with Gasteiger partial charge in [-0.15, -0.1) is 0 Å². The van der Waals surface area contributed by atoms with Crippen molar-refractivity contribution in [3.05, 3.63) is 0 Å². The molecule has 0 saturated carbocycles. The first-order valence-corrected chi connectivity index (χ1v) is 6.09. The van der Waals surface area contributed by atoms with E-state index in [0.717, 1.165) is 32.5 Å². The highest BCUT2D eigenvalue weighted by atomic mass is 16.3. The number of aliphatic hydroxyl groups excluding tert-OH is 1. The van der Waals surface area contributed by atoms with Gasteiger partial charge in [-0.3, -0.25) is 4.90 Å². The molecule has 0 saturated heterocycles. The van der Waals surface area contributed by atoms with E-state index in [9.17, 15) is 5.11 Å². The Morgan fingerprint density at radius 2 is 1.67 bits per heavy atom. The Labute approximate surface area is 95.1 Å². The molecule has 0 radical (unpaired) electrons. The fourth-order valence-electron chi connectivity index (χ4n) is 1.72. The van der Waals surface area contributed by atoms with Crippen LogP contribution in [0, 0.1) is 0 Å². The lowest BCUT2D eigenvalue weighted by Gasteiger charge is -2.32. The van der Waals surface area contributed by atoms with Crippen molar-refractivity contribution in [2.75, 3.05) is 33.7 Å². The molecule has 0 amide bonds. The number of nitrogens with zero attached hydrogens (tertiary/aromatic N) is 2. The molecule has 0 spiro atoms. The maximum atomic E-state index is 9.83. The lowest BCUT2D eigenvalue weighted by molar-refractivity contribution is 0.0524. The molecule has 92 valence electrons. The van der Waals surface area contributed by atoms with Gasteiger partial charge < -0.3 is 10.0 Å². The Hall–Kier alpha value is -0.120. The molecule has 3 nitrogen and oxygen atoms in total. The van der Waals surface area contributed by atoms with E-state index in [-0.39, 0.29) is 12.1 Å². The standard InChI is InChI=1S/C12H28N2O/c1-6-8-14(10-9-13(4)5)11(3)12(15)7-2/h11-12,15H,6-10H2,1-5H3. The molecule has 0 fully saturated rings. The largest absolute Gasteiger partial charge is 0.392 e. The van der Waals surface area contributed by atoms with E-state index >= 15 is 0 Å². The maximum absolute atomic E-state index is 9.83. The smallest absolute Gasteiger partial charge is 0.0690 e. The molecular weight excluding hydrogens is 188 g/mol. The van der Waals surface area contributed by atoms with Crippen molar-refractivity contribution in [1.82, 2.24) is 9.80 Å². The average molecular weight is 216 g/mol. The predicted octanol–water partition coefficient (Wildman–Crippen LogP) is 1.42. The van der Waals surface area contributed by atoms with Crippen LogP contribution in [0.15, 0.2) is 0 Å². The average Bonchev–Trinajstić information content (AvgIpc) is 2.21. The summed E-state index contributed by atoms with van der Waals surface area (Å²) in [6, 6.07) is 0.273. The van der Waals surface area contributed by atoms with E-state index < -0.39 is 0 Å². The Balaban J connectivity index is 4.11. The molecule has 0 aliphatic carbocycles. The van der Waals surface area contributed by atoms with Crippen molar-refractivity contribution in [1.29, 1.82) is 0 Å². The summed E-state index contributed by atoms with van der Waals surface area (Å²) in [6.07, 6.45) is 1.79. The Morgan fingerprint density at radius 3 is 2.07 bits per heavy atom. The van der Waals surface area contributed by atoms with Gasteiger partial charge in [-0.1, -0.05) is 13.8 Å². The zero-order chi connectivity index (χ0) is 11.8. The minimum atomic E-state index is -0.196. The second kappa shape index (κ2) is 8.08. The van der Waals surface area contributed by atoms with Crippen LogP contribution in [-0.4, -0.2) is 60.8 Å². The molecule has 0 aromatic rings. The summed E-state index contributed by atoms with van der Waals surface area (Å²) in [4.78, 5) is 4.57. The van der Waals surface area contributed by atoms with E-state index in [4.69, 9.17) is 0 Å². The van der Waals surface area contributed by atoms with Crippen molar-refractivity contribution in [3.63, 3.8) is 0 Å². The summed E-state index contributed by atoms with van der Waals surface area (Å²) in [7, 11) is 4.18. The zero-order valence-electron chi connectivity index (χ0n) is 11.0. The number of hydrogen-bond acceptors (Lipinski definition) is 3. The highest BCUT2D eigenvalue weighted by molar-refractivity contribution is 4.74. The number of aliphatic hydroxyl groups is 1. The highest BCUT2D eigenvalue weighted by Crippen LogP contribution is 2.08. The molecule has 2 atom stereocenters. The molecule has 15 heavy (non-hydrogen) atoms. The molecule has 2 unspecified atom stereocenters. The van der Waals surface area contributed by atoms with Crippen molar-refractivity contribution >= 4 is 0 Å². The normalized spacial score (nSPS) is 16.0. The van der Waals surface area contributed by atoms with Gasteiger partial charge in [-0.2, -0.15) is 0 Å². The highest BCUT2D eigenvalue weighted by Gasteiger charge is 2.19. The van der Waals surface area contributed by atoms with Crippen LogP contribution in [0.1, 0.15) is 33.6 Å². The van der Waals surface area contributed by atoms with E-state index in [1.165, 1.54) is 0 Å². The quantitative estimate of drug-likeness (QED) is 0.665. The maximum Gasteiger partial charge on any atom is 0.0690 e. The lowest BCUT2D eigenvalue weighted by atomic mass is 10.1. The van der Waals surface area contributed by atoms with Gasteiger partial charge in [-0.25, -0.2) is 0 Å². The molecule has 0 aliphatic rings. The summed E-state index contributed by atoms with van der Waals surface area (Å²) in [5.74, 6) is 0. The zero-order valence-corrected chi connectivity index (χ0v) is 11.0. The first kappa shape index (κ1) is 14.9. The summed E-state index contributed by atoms with van der Waals surface area (Å²) < 4.78 is 0. The van der Waals surface area contributed by atoms with Crippen molar-refractivity contribution in [2.45, 2.75) is 45.8 Å². The molecule has 0 aromatic carbocycles. The first-order chi connectivity index (χ1) is 7.02. The summed E-state index contributed by atoms with van der Waals surface area (Å²) in [5, 5.41) is 9.83. The summed E-state index contributed by atoms with van der Waals surface area (Å²) >= 11 is 0. The van der Waals surface area contributed by atoms with Crippen LogP contribution in [0.3, 0.4) is 0 Å². The van der Waals surface area contributed by atoms with Crippen molar-refractivity contribution in [2.24, 2.45) is 0 Å². The molecule has 0 heterocycles. The van der Waals surface area contributed by atoms with Crippen LogP contribution in [-0.2, 0) is 0 Å². The number of rotatable bonds is 8. The van der Waals surface area contributed by atoms with E-state index in [2.05, 4.69) is 37.7 Å². The molecule has 0 aromatic heterocycles. The van der Waals surface area contributed by atoms with Gasteiger partial charge in [0.05, 0.1) is 6.10 Å². The second-order valence-electron chi connectivity index (χ2n) is 4.56. The summed E-state index contributed by atoms with van der Waals surface area (Å²) in [5.41, 5.74) is 0. The molecule has 0 rings (SSSR count). The van der Waals surface area contributed by atoms with Crippen LogP contribution < -0.4 is 0 Å². The molecule has 3 heteroatoms. The fourth-order valence-corrected chi connectivity index (χ4v) is 1.72. The SMILES string of the molecule is CCCN(CCN(C)C)C(C)C(O)CC. The van der Waals surface area contributed by atoms with Gasteiger partial charge in [0.15, 0.2) is 0 Å². The molecule has 1 N–H and O–H groups in total. The van der Waals surface area contributed by atoms with Crippen LogP contribution in [0.25, 0.3) is 0 Å². The minimum Gasteiger partial charge on any atom is -0.392 e. The topological polar surface area (TPSA) is 26.7 Å². The monoisotopic (exact) mass is 216 g/mol. The van der Waals surface area contributed by atoms with Gasteiger partial charge in [-0.05, 0) is 40.4 Å². The van der Waals surface area contributed by atoms with Gasteiger partial charge in [0.25, 0.3) is 0 Å². The van der Waals surface area contributed by atoms with Crippen LogP contribution in [0.4, 0.5) is 0 Å². The first-order valence-electron chi connectivity index (χ1n) is 6.09. The minimum absolute atomic E-state index is 0.196. The van der Waals surface area contributed by atoms with Gasteiger partial charge in [0.2, 0.25) is 0 Å². The van der Waals surface area contributed by atoms with Crippen LogP contribution >= 0.6 is 0 Å². The van der Waals surface area contributed by atoms with Crippen molar-refractivity contribution in [3.8, 4) is 0 Å². The summed E-state index contributed by atoms with van der Waals surface area (Å²) in [6.45, 7) is 9.52. The molecule has 0 bridgehead atoms. The van der Waals surface area contributed by atoms with E-state index in [1.807, 2.05) is 6.92 Å². The van der Waals surface area contributed by atoms with Crippen LogP contribution in [0.2, 0.25) is 0 Å². The second-order valence-corrected chi connectivity index (χ2v) is 4.56. The Morgan fingerprint density at radius 1 is 1.07 bits per heavy atom. The number of hydrogen-bond donors (Lipinski definition) is 1. The van der Waals surface area contributed by atoms with Crippen molar-refractivity contribution < 1.29 is 5.11 Å². The third-order valence-electron chi connectivity index (χ3n) is 2.90. The Kier molecular flexibility index (Phi) is 8.02. The van der Waals surface area contributed by atoms with E-state index in [1.54, 1.807) is 0 Å². The lowest BCUT2D eigenvalue weighted by Crippen LogP contribution is -2.44. The fraction of sp³-hybridized carbons (Fsp3) is 1.00. The Bertz CT molecular complexity index is 151. The van der Waals surface area contributed by atoms with Gasteiger partial charge in [0.1, 0.15) is 0 Å². The van der Waals surface area contributed by atoms with E-state index in [0.29, 0.717) is 0 Å². The van der Waals surface area contributed by atoms with Gasteiger partial charge >= 0.3 is 0 Å².